The molecule has 0 aliphatic carbocycles. The standard InChI is InChI=1S/C8H11NO3/c1-2-12-8(11)9-4-3-7(5-9)6-10/h3-5,10H,2,6H2,1H3. The van der Waals surface area contributed by atoms with E-state index >= 15 is 0 Å². The van der Waals surface area contributed by atoms with Crippen LogP contribution in [-0.2, 0) is 11.3 Å². The molecule has 1 N–H and O–H groups in total. The number of aliphatic hydroxyl groups excluding tert-OH is 1. The van der Waals surface area contributed by atoms with Crippen LogP contribution >= 0.6 is 0 Å². The second-order valence-electron chi connectivity index (χ2n) is 2.28. The van der Waals surface area contributed by atoms with Gasteiger partial charge in [-0.3, -0.25) is 4.57 Å². The maximum Gasteiger partial charge on any atom is 0.417 e. The molecule has 0 spiro atoms. The lowest BCUT2D eigenvalue weighted by molar-refractivity contribution is 0.154. The van der Waals surface area contributed by atoms with Crippen LogP contribution in [0.5, 0.6) is 0 Å². The number of hydrogen-bond acceptors (Lipinski definition) is 3. The summed E-state index contributed by atoms with van der Waals surface area (Å²) in [5.74, 6) is 0. The maximum atomic E-state index is 11.0. The molecule has 0 aromatic carbocycles. The molecule has 0 unspecified atom stereocenters. The fourth-order valence-corrected chi connectivity index (χ4v) is 0.846. The van der Waals surface area contributed by atoms with Crippen LogP contribution in [0.25, 0.3) is 0 Å². The van der Waals surface area contributed by atoms with E-state index < -0.39 is 6.09 Å². The molecule has 0 radical (unpaired) electrons. The van der Waals surface area contributed by atoms with Gasteiger partial charge in [0.1, 0.15) is 0 Å². The molecule has 0 fully saturated rings. The Morgan fingerprint density at radius 2 is 2.50 bits per heavy atom. The molecule has 0 bridgehead atoms. The van der Waals surface area contributed by atoms with Gasteiger partial charge in [-0.2, -0.15) is 0 Å². The zero-order valence-electron chi connectivity index (χ0n) is 6.86. The largest absolute Gasteiger partial charge is 0.449 e. The van der Waals surface area contributed by atoms with Gasteiger partial charge in [0.2, 0.25) is 0 Å². The highest BCUT2D eigenvalue weighted by Gasteiger charge is 2.03. The van der Waals surface area contributed by atoms with Crippen LogP contribution in [0.1, 0.15) is 12.5 Å². The van der Waals surface area contributed by atoms with Crippen molar-refractivity contribution in [2.24, 2.45) is 0 Å². The number of aromatic nitrogens is 1. The van der Waals surface area contributed by atoms with E-state index in [0.717, 1.165) is 0 Å². The molecule has 0 atom stereocenters. The fourth-order valence-electron chi connectivity index (χ4n) is 0.846. The average Bonchev–Trinajstić information content (AvgIpc) is 2.52. The summed E-state index contributed by atoms with van der Waals surface area (Å²) in [7, 11) is 0. The normalized spacial score (nSPS) is 9.83. The van der Waals surface area contributed by atoms with Gasteiger partial charge in [-0.05, 0) is 18.6 Å². The first-order valence-electron chi connectivity index (χ1n) is 3.72. The van der Waals surface area contributed by atoms with E-state index in [1.807, 2.05) is 0 Å². The Balaban J connectivity index is 2.68. The van der Waals surface area contributed by atoms with E-state index in [1.165, 1.54) is 10.8 Å². The molecule has 1 aromatic rings. The van der Waals surface area contributed by atoms with E-state index in [4.69, 9.17) is 9.84 Å². The van der Waals surface area contributed by atoms with Crippen molar-refractivity contribution in [2.75, 3.05) is 6.61 Å². The highest BCUT2D eigenvalue weighted by Crippen LogP contribution is 2.01. The van der Waals surface area contributed by atoms with Gasteiger partial charge in [-0.25, -0.2) is 4.79 Å². The zero-order chi connectivity index (χ0) is 8.97. The lowest BCUT2D eigenvalue weighted by Crippen LogP contribution is -2.10. The molecule has 0 aliphatic heterocycles. The first-order chi connectivity index (χ1) is 5.77. The maximum absolute atomic E-state index is 11.0. The summed E-state index contributed by atoms with van der Waals surface area (Å²) >= 11 is 0. The summed E-state index contributed by atoms with van der Waals surface area (Å²) < 4.78 is 6.03. The predicted molar refractivity (Wildman–Crippen MR) is 42.8 cm³/mol. The SMILES string of the molecule is CCOC(=O)n1ccc(CO)c1. The summed E-state index contributed by atoms with van der Waals surface area (Å²) in [6.45, 7) is 2.03. The molecule has 1 rings (SSSR count). The Bertz CT molecular complexity index is 267. The first kappa shape index (κ1) is 8.80. The minimum atomic E-state index is -0.419. The summed E-state index contributed by atoms with van der Waals surface area (Å²) in [5, 5.41) is 8.70. The summed E-state index contributed by atoms with van der Waals surface area (Å²) in [5.41, 5.74) is 0.697. The number of hydrogen-bond donors (Lipinski definition) is 1. The van der Waals surface area contributed by atoms with Crippen molar-refractivity contribution in [1.29, 1.82) is 0 Å². The molecule has 66 valence electrons. The summed E-state index contributed by atoms with van der Waals surface area (Å²) in [4.78, 5) is 11.0. The van der Waals surface area contributed by atoms with E-state index in [-0.39, 0.29) is 6.61 Å². The monoisotopic (exact) mass is 169 g/mol. The summed E-state index contributed by atoms with van der Waals surface area (Å²) in [6.07, 6.45) is 2.68. The van der Waals surface area contributed by atoms with Crippen LogP contribution < -0.4 is 0 Å². The third-order valence-electron chi connectivity index (χ3n) is 1.42. The molecule has 4 heteroatoms. The van der Waals surface area contributed by atoms with E-state index in [9.17, 15) is 4.79 Å². The number of nitrogens with zero attached hydrogens (tertiary/aromatic N) is 1. The minimum Gasteiger partial charge on any atom is -0.449 e. The lowest BCUT2D eigenvalue weighted by atomic mass is 10.4. The molecule has 1 aromatic heterocycles. The van der Waals surface area contributed by atoms with Gasteiger partial charge in [0.05, 0.1) is 13.2 Å². The molecule has 0 aliphatic rings. The molecule has 4 nitrogen and oxygen atoms in total. The highest BCUT2D eigenvalue weighted by molar-refractivity contribution is 5.70. The van der Waals surface area contributed by atoms with Crippen LogP contribution in [0.3, 0.4) is 0 Å². The summed E-state index contributed by atoms with van der Waals surface area (Å²) in [6, 6.07) is 1.66. The molecule has 0 saturated carbocycles. The van der Waals surface area contributed by atoms with Gasteiger partial charge in [-0.1, -0.05) is 0 Å². The quantitative estimate of drug-likeness (QED) is 0.718. The van der Waals surface area contributed by atoms with Gasteiger partial charge in [0.25, 0.3) is 0 Å². The van der Waals surface area contributed by atoms with Gasteiger partial charge >= 0.3 is 6.09 Å². The number of carbonyl (C=O) groups excluding carboxylic acids is 1. The van der Waals surface area contributed by atoms with Crippen molar-refractivity contribution in [3.63, 3.8) is 0 Å². The van der Waals surface area contributed by atoms with Crippen LogP contribution in [0, 0.1) is 0 Å². The highest BCUT2D eigenvalue weighted by atomic mass is 16.5. The molecule has 1 heterocycles. The molecule has 0 amide bonds. The van der Waals surface area contributed by atoms with Crippen molar-refractivity contribution < 1.29 is 14.6 Å². The van der Waals surface area contributed by atoms with E-state index in [2.05, 4.69) is 0 Å². The van der Waals surface area contributed by atoms with Crippen molar-refractivity contribution in [3.8, 4) is 0 Å². The van der Waals surface area contributed by atoms with Gasteiger partial charge in [0, 0.05) is 12.4 Å². The second kappa shape index (κ2) is 3.92. The first-order valence-corrected chi connectivity index (χ1v) is 3.72. The van der Waals surface area contributed by atoms with E-state index in [0.29, 0.717) is 12.2 Å². The van der Waals surface area contributed by atoms with Crippen molar-refractivity contribution >= 4 is 6.09 Å². The van der Waals surface area contributed by atoms with E-state index in [1.54, 1.807) is 19.2 Å². The Hall–Kier alpha value is -1.29. The van der Waals surface area contributed by atoms with Crippen molar-refractivity contribution in [3.05, 3.63) is 24.0 Å². The lowest BCUT2D eigenvalue weighted by Gasteiger charge is -2.00. The van der Waals surface area contributed by atoms with Gasteiger partial charge in [-0.15, -0.1) is 0 Å². The molecular formula is C8H11NO3. The predicted octanol–water partition coefficient (Wildman–Crippen LogP) is 0.985. The fraction of sp³-hybridized carbons (Fsp3) is 0.375. The molecule has 0 saturated heterocycles. The van der Waals surface area contributed by atoms with Crippen LogP contribution in [0.2, 0.25) is 0 Å². The van der Waals surface area contributed by atoms with Crippen molar-refractivity contribution in [1.82, 2.24) is 4.57 Å². The number of aliphatic hydroxyl groups is 1. The topological polar surface area (TPSA) is 51.5 Å². The molecule has 12 heavy (non-hydrogen) atoms. The smallest absolute Gasteiger partial charge is 0.417 e. The third kappa shape index (κ3) is 1.85. The van der Waals surface area contributed by atoms with Crippen LogP contribution in [0.15, 0.2) is 18.5 Å². The number of rotatable bonds is 2. The second-order valence-corrected chi connectivity index (χ2v) is 2.28. The van der Waals surface area contributed by atoms with Gasteiger partial charge in [0.15, 0.2) is 0 Å². The number of ether oxygens (including phenoxy) is 1. The zero-order valence-corrected chi connectivity index (χ0v) is 6.86. The average molecular weight is 169 g/mol. The van der Waals surface area contributed by atoms with Gasteiger partial charge < -0.3 is 9.84 Å². The van der Waals surface area contributed by atoms with Crippen LogP contribution in [0.4, 0.5) is 4.79 Å². The van der Waals surface area contributed by atoms with Crippen LogP contribution in [-0.4, -0.2) is 22.4 Å². The molecular weight excluding hydrogens is 158 g/mol. The number of carbonyl (C=O) groups is 1. The Morgan fingerprint density at radius 3 is 3.00 bits per heavy atom. The van der Waals surface area contributed by atoms with Crippen molar-refractivity contribution in [2.45, 2.75) is 13.5 Å². The Labute approximate surface area is 70.4 Å². The minimum absolute atomic E-state index is 0.0631. The Morgan fingerprint density at radius 1 is 1.75 bits per heavy atom. The Kier molecular flexibility index (Phi) is 2.88. The third-order valence-corrected chi connectivity index (χ3v) is 1.42.